The third-order valence-electron chi connectivity index (χ3n) is 5.82. The van der Waals surface area contributed by atoms with E-state index < -0.39 is 41.6 Å². The Morgan fingerprint density at radius 2 is 1.56 bits per heavy atom. The lowest BCUT2D eigenvalue weighted by Crippen LogP contribution is -2.37. The molecular formula is C24H15BrClF3N2O3. The maximum Gasteiger partial charge on any atom is 0.416 e. The van der Waals surface area contributed by atoms with Gasteiger partial charge in [0, 0.05) is 9.50 Å². The van der Waals surface area contributed by atoms with Crippen LogP contribution >= 0.6 is 27.5 Å². The molecule has 2 heterocycles. The fraction of sp³-hybridized carbons (Fsp3) is 0.167. The highest BCUT2D eigenvalue weighted by Gasteiger charge is 2.60. The van der Waals surface area contributed by atoms with Gasteiger partial charge in [0.15, 0.2) is 6.10 Å². The van der Waals surface area contributed by atoms with E-state index in [1.54, 1.807) is 42.5 Å². The van der Waals surface area contributed by atoms with Crippen molar-refractivity contribution < 1.29 is 27.6 Å². The molecule has 0 spiro atoms. The molecule has 2 aliphatic rings. The van der Waals surface area contributed by atoms with Crippen LogP contribution in [0.4, 0.5) is 24.5 Å². The second-order valence-electron chi connectivity index (χ2n) is 7.91. The van der Waals surface area contributed by atoms with Gasteiger partial charge < -0.3 is 0 Å². The molecule has 2 fully saturated rings. The fourth-order valence-electron chi connectivity index (χ4n) is 4.33. The summed E-state index contributed by atoms with van der Waals surface area (Å²) in [5.41, 5.74) is 0.180. The first kappa shape index (κ1) is 22.9. The Kier molecular flexibility index (Phi) is 5.66. The summed E-state index contributed by atoms with van der Waals surface area (Å²) in [4.78, 5) is 33.6. The number of benzene rings is 3. The van der Waals surface area contributed by atoms with E-state index in [1.807, 2.05) is 6.07 Å². The molecular weight excluding hydrogens is 537 g/mol. The van der Waals surface area contributed by atoms with Gasteiger partial charge in [-0.15, -0.1) is 0 Å². The summed E-state index contributed by atoms with van der Waals surface area (Å²) in [6.07, 6.45) is -5.81. The summed E-state index contributed by atoms with van der Waals surface area (Å²) in [5, 5.41) is 2.00. The minimum atomic E-state index is -4.61. The Morgan fingerprint density at radius 1 is 0.882 bits per heavy atom. The maximum absolute atomic E-state index is 13.5. The summed E-state index contributed by atoms with van der Waals surface area (Å²) < 4.78 is 40.5. The highest BCUT2D eigenvalue weighted by atomic mass is 79.9. The van der Waals surface area contributed by atoms with Crippen molar-refractivity contribution in [2.24, 2.45) is 5.92 Å². The van der Waals surface area contributed by atoms with E-state index in [0.717, 1.165) is 27.6 Å². The fourth-order valence-corrected chi connectivity index (χ4v) is 4.84. The van der Waals surface area contributed by atoms with Gasteiger partial charge >= 0.3 is 6.18 Å². The van der Waals surface area contributed by atoms with Crippen molar-refractivity contribution in [3.63, 3.8) is 0 Å². The number of rotatable bonds is 3. The van der Waals surface area contributed by atoms with Crippen molar-refractivity contribution in [2.45, 2.75) is 18.3 Å². The predicted molar refractivity (Wildman–Crippen MR) is 123 cm³/mol. The van der Waals surface area contributed by atoms with E-state index in [1.165, 1.54) is 11.1 Å². The molecule has 0 unspecified atom stereocenters. The van der Waals surface area contributed by atoms with Gasteiger partial charge in [-0.25, -0.2) is 9.96 Å². The summed E-state index contributed by atoms with van der Waals surface area (Å²) in [6, 6.07) is 17.4. The maximum atomic E-state index is 13.5. The van der Waals surface area contributed by atoms with Gasteiger partial charge in [0.05, 0.1) is 23.0 Å². The van der Waals surface area contributed by atoms with Gasteiger partial charge in [-0.2, -0.15) is 13.2 Å². The van der Waals surface area contributed by atoms with Crippen LogP contribution in [0.2, 0.25) is 5.02 Å². The number of imide groups is 1. The number of hydrogen-bond acceptors (Lipinski definition) is 4. The first-order valence-corrected chi connectivity index (χ1v) is 11.3. The number of nitrogens with zero attached hydrogens (tertiary/aromatic N) is 2. The monoisotopic (exact) mass is 550 g/mol. The van der Waals surface area contributed by atoms with Gasteiger partial charge in [0.1, 0.15) is 5.92 Å². The molecule has 0 aromatic heterocycles. The zero-order chi connectivity index (χ0) is 24.2. The normalized spacial score (nSPS) is 22.4. The summed E-state index contributed by atoms with van der Waals surface area (Å²) >= 11 is 9.45. The smallest absolute Gasteiger partial charge is 0.273 e. The number of hydrogen-bond donors (Lipinski definition) is 0. The zero-order valence-electron chi connectivity index (χ0n) is 17.2. The van der Waals surface area contributed by atoms with E-state index in [-0.39, 0.29) is 5.69 Å². The molecule has 0 saturated carbocycles. The molecule has 2 aliphatic heterocycles. The molecule has 0 aliphatic carbocycles. The molecule has 0 bridgehead atoms. The number of anilines is 2. The van der Waals surface area contributed by atoms with Crippen molar-refractivity contribution in [3.05, 3.63) is 93.4 Å². The number of amides is 2. The van der Waals surface area contributed by atoms with E-state index in [9.17, 15) is 22.8 Å². The summed E-state index contributed by atoms with van der Waals surface area (Å²) in [6.45, 7) is 0. The lowest BCUT2D eigenvalue weighted by Gasteiger charge is -2.29. The Labute approximate surface area is 205 Å². The van der Waals surface area contributed by atoms with Crippen LogP contribution in [-0.2, 0) is 20.6 Å². The quantitative estimate of drug-likeness (QED) is 0.365. The van der Waals surface area contributed by atoms with Gasteiger partial charge in [0.2, 0.25) is 5.91 Å². The highest BCUT2D eigenvalue weighted by molar-refractivity contribution is 9.10. The van der Waals surface area contributed by atoms with E-state index in [2.05, 4.69) is 15.9 Å². The van der Waals surface area contributed by atoms with Gasteiger partial charge in [-0.3, -0.25) is 14.4 Å². The van der Waals surface area contributed by atoms with Gasteiger partial charge in [0.25, 0.3) is 5.91 Å². The van der Waals surface area contributed by atoms with Gasteiger partial charge in [-0.1, -0.05) is 51.8 Å². The van der Waals surface area contributed by atoms with Crippen molar-refractivity contribution in [2.75, 3.05) is 9.96 Å². The number of carbonyl (C=O) groups excluding carboxylic acids is 2. The molecule has 0 N–H and O–H groups in total. The predicted octanol–water partition coefficient (Wildman–Crippen LogP) is 6.17. The Morgan fingerprint density at radius 3 is 2.24 bits per heavy atom. The average molecular weight is 552 g/mol. The Balaban J connectivity index is 1.57. The second-order valence-corrected chi connectivity index (χ2v) is 9.27. The number of carbonyl (C=O) groups is 2. The topological polar surface area (TPSA) is 49.9 Å². The molecule has 174 valence electrons. The molecule has 2 amide bonds. The molecule has 0 radical (unpaired) electrons. The van der Waals surface area contributed by atoms with E-state index in [0.29, 0.717) is 16.3 Å². The number of hydroxylamine groups is 1. The molecule has 3 aromatic carbocycles. The lowest BCUT2D eigenvalue weighted by molar-refractivity contribution is -0.137. The van der Waals surface area contributed by atoms with Crippen molar-refractivity contribution in [1.82, 2.24) is 0 Å². The number of alkyl halides is 3. The minimum Gasteiger partial charge on any atom is -0.273 e. The van der Waals surface area contributed by atoms with Crippen molar-refractivity contribution >= 4 is 50.7 Å². The molecule has 3 atom stereocenters. The van der Waals surface area contributed by atoms with E-state index >= 15 is 0 Å². The number of fused-ring (bicyclic) bond motifs is 1. The standard InChI is InChI=1S/C24H15BrClF3N2O3/c25-15-4-2-6-18(12-15)31-20(13-7-9-16(26)10-8-13)19-21(34-31)23(33)30(22(19)32)17-5-1-3-14(11-17)24(27,28)29/h1-12,19-21H/t19-,20+,21+/m0/s1. The molecule has 34 heavy (non-hydrogen) atoms. The molecule has 5 nitrogen and oxygen atoms in total. The van der Waals surface area contributed by atoms with Crippen LogP contribution in [0.5, 0.6) is 0 Å². The van der Waals surface area contributed by atoms with Crippen molar-refractivity contribution in [3.8, 4) is 0 Å². The van der Waals surface area contributed by atoms with Crippen LogP contribution in [-0.4, -0.2) is 17.9 Å². The number of halogens is 5. The molecule has 5 rings (SSSR count). The van der Waals surface area contributed by atoms with Crippen LogP contribution < -0.4 is 9.96 Å². The summed E-state index contributed by atoms with van der Waals surface area (Å²) in [7, 11) is 0. The van der Waals surface area contributed by atoms with Crippen LogP contribution in [0, 0.1) is 5.92 Å². The highest BCUT2D eigenvalue weighted by Crippen LogP contribution is 2.48. The van der Waals surface area contributed by atoms with Gasteiger partial charge in [-0.05, 0) is 54.1 Å². The van der Waals surface area contributed by atoms with E-state index in [4.69, 9.17) is 16.4 Å². The van der Waals surface area contributed by atoms with Crippen LogP contribution in [0.15, 0.2) is 77.3 Å². The zero-order valence-corrected chi connectivity index (χ0v) is 19.5. The third kappa shape index (κ3) is 3.87. The minimum absolute atomic E-state index is 0.147. The Hall–Kier alpha value is -2.88. The van der Waals surface area contributed by atoms with Crippen LogP contribution in [0.25, 0.3) is 0 Å². The van der Waals surface area contributed by atoms with Crippen molar-refractivity contribution in [1.29, 1.82) is 0 Å². The largest absolute Gasteiger partial charge is 0.416 e. The van der Waals surface area contributed by atoms with Crippen LogP contribution in [0.1, 0.15) is 17.2 Å². The molecule has 10 heteroatoms. The molecule has 2 saturated heterocycles. The average Bonchev–Trinajstić information content (AvgIpc) is 3.30. The van der Waals surface area contributed by atoms with Crippen LogP contribution in [0.3, 0.4) is 0 Å². The summed E-state index contributed by atoms with van der Waals surface area (Å²) in [5.74, 6) is -2.32. The first-order chi connectivity index (χ1) is 16.1. The second kappa shape index (κ2) is 8.41. The molecule has 3 aromatic rings. The first-order valence-electron chi connectivity index (χ1n) is 10.2. The Bertz CT molecular complexity index is 1280. The SMILES string of the molecule is O=C1[C@H]2[C@@H](c3ccc(Cl)cc3)N(c3cccc(Br)c3)O[C@H]2C(=O)N1c1cccc(C(F)(F)F)c1. The lowest BCUT2D eigenvalue weighted by atomic mass is 9.90. The third-order valence-corrected chi connectivity index (χ3v) is 6.57.